The van der Waals surface area contributed by atoms with E-state index in [1.54, 1.807) is 41.5 Å². The molecule has 1 aliphatic heterocycles. The molecule has 0 aromatic rings. The van der Waals surface area contributed by atoms with Gasteiger partial charge in [-0.2, -0.15) is 0 Å². The summed E-state index contributed by atoms with van der Waals surface area (Å²) in [6, 6.07) is -1.65. The molecule has 1 aliphatic rings. The lowest BCUT2D eigenvalue weighted by atomic mass is 9.86. The predicted octanol–water partition coefficient (Wildman–Crippen LogP) is 4.89. The first-order valence-electron chi connectivity index (χ1n) is 18.5. The average molecular weight is 820 g/mol. The number of carbonyl (C=O) groups is 7. The molecular weight excluding hydrogens is 747 g/mol. The van der Waals surface area contributed by atoms with Crippen LogP contribution in [-0.2, 0) is 38.4 Å². The number of ketones is 2. The van der Waals surface area contributed by atoms with Crippen LogP contribution < -0.4 is 22.3 Å². The van der Waals surface area contributed by atoms with Crippen LogP contribution >= 0.6 is 23.5 Å². The van der Waals surface area contributed by atoms with Crippen LogP contribution in [0.15, 0.2) is 0 Å². The molecule has 16 heteroatoms. The van der Waals surface area contributed by atoms with Crippen molar-refractivity contribution in [1.82, 2.24) is 15.7 Å². The summed E-state index contributed by atoms with van der Waals surface area (Å²) < 4.78 is -0.396. The number of amides is 4. The second-order valence-electron chi connectivity index (χ2n) is 19.5. The van der Waals surface area contributed by atoms with Crippen molar-refractivity contribution in [2.24, 2.45) is 27.7 Å². The Kier molecular flexibility index (Phi) is 21.1. The van der Waals surface area contributed by atoms with Crippen LogP contribution in [0.1, 0.15) is 137 Å². The number of carboxylic acid groups (broad SMARTS) is 1. The second-order valence-corrected chi connectivity index (χ2v) is 23.6. The summed E-state index contributed by atoms with van der Waals surface area (Å²) in [7, 11) is 0. The van der Waals surface area contributed by atoms with Crippen LogP contribution in [0.2, 0.25) is 0 Å². The number of aliphatic carboxylic acids is 1. The Hall–Kier alpha value is -2.53. The zero-order valence-electron chi connectivity index (χ0n) is 36.8. The van der Waals surface area contributed by atoms with Crippen molar-refractivity contribution in [2.75, 3.05) is 13.1 Å². The topological polar surface area (TPSA) is 228 Å². The molecule has 0 aromatic heterocycles. The third-order valence-corrected chi connectivity index (χ3v) is 9.83. The molecule has 7 N–H and O–H groups in total. The third kappa shape index (κ3) is 22.1. The van der Waals surface area contributed by atoms with E-state index in [0.717, 1.165) is 4.90 Å². The molecule has 4 amide bonds. The second kappa shape index (κ2) is 21.3. The SMILES string of the molecule is CC(C)(C)ONC(=O)C(C)(C)C.CC(C)(C)SC(CC(=O)O)C(=O)NC(CN)C(=O)C(C)(C)C.CC(C)(C)SC1CC(=O)N(C(CN)C(=O)C(C)(C)C)C1=O. The highest BCUT2D eigenvalue weighted by atomic mass is 32.2. The Labute approximate surface area is 338 Å². The van der Waals surface area contributed by atoms with Crippen molar-refractivity contribution < 1.29 is 43.5 Å². The molecule has 0 aromatic carbocycles. The monoisotopic (exact) mass is 819 g/mol. The van der Waals surface area contributed by atoms with Crippen molar-refractivity contribution in [3.05, 3.63) is 0 Å². The minimum absolute atomic E-state index is 0.0121. The molecule has 55 heavy (non-hydrogen) atoms. The molecule has 1 rings (SSSR count). The lowest BCUT2D eigenvalue weighted by molar-refractivity contribution is -0.153. The zero-order chi connectivity index (χ0) is 44.3. The molecule has 14 nitrogen and oxygen atoms in total. The van der Waals surface area contributed by atoms with Gasteiger partial charge in [0.05, 0.1) is 22.5 Å². The van der Waals surface area contributed by atoms with E-state index in [1.807, 2.05) is 83.1 Å². The summed E-state index contributed by atoms with van der Waals surface area (Å²) in [5, 5.41) is 10.4. The Bertz CT molecular complexity index is 1350. The van der Waals surface area contributed by atoms with Gasteiger partial charge in [0.2, 0.25) is 23.6 Å². The molecule has 0 saturated carbocycles. The summed E-state index contributed by atoms with van der Waals surface area (Å²) in [6.45, 7) is 33.4. The molecule has 4 atom stereocenters. The smallest absolute Gasteiger partial charge is 0.305 e. The van der Waals surface area contributed by atoms with Gasteiger partial charge < -0.3 is 21.9 Å². The van der Waals surface area contributed by atoms with Gasteiger partial charge in [-0.1, -0.05) is 104 Å². The quantitative estimate of drug-likeness (QED) is 0.131. The van der Waals surface area contributed by atoms with Gasteiger partial charge in [0, 0.05) is 45.2 Å². The Morgan fingerprint density at radius 2 is 1.24 bits per heavy atom. The molecule has 0 spiro atoms. The Morgan fingerprint density at radius 3 is 1.56 bits per heavy atom. The van der Waals surface area contributed by atoms with E-state index in [0.29, 0.717) is 0 Å². The van der Waals surface area contributed by atoms with Crippen LogP contribution in [0.5, 0.6) is 0 Å². The number of nitrogens with zero attached hydrogens (tertiary/aromatic N) is 1. The number of hydrogen-bond acceptors (Lipinski definition) is 12. The minimum Gasteiger partial charge on any atom is -0.481 e. The fourth-order valence-electron chi connectivity index (χ4n) is 4.44. The summed E-state index contributed by atoms with van der Waals surface area (Å²) in [5.74, 6) is -2.54. The molecule has 1 fully saturated rings. The van der Waals surface area contributed by atoms with Crippen molar-refractivity contribution in [2.45, 2.75) is 175 Å². The number of carbonyl (C=O) groups excluding carboxylic acids is 6. The number of nitrogens with two attached hydrogens (primary N) is 2. The van der Waals surface area contributed by atoms with Gasteiger partial charge in [-0.25, -0.2) is 5.48 Å². The highest BCUT2D eigenvalue weighted by Crippen LogP contribution is 2.36. The number of hydroxylamine groups is 1. The van der Waals surface area contributed by atoms with E-state index in [-0.39, 0.29) is 70.3 Å². The minimum atomic E-state index is -1.05. The first-order valence-corrected chi connectivity index (χ1v) is 20.3. The van der Waals surface area contributed by atoms with Crippen molar-refractivity contribution >= 4 is 64.7 Å². The van der Waals surface area contributed by atoms with Gasteiger partial charge >= 0.3 is 5.97 Å². The van der Waals surface area contributed by atoms with Gasteiger partial charge in [-0.05, 0) is 20.8 Å². The van der Waals surface area contributed by atoms with E-state index in [1.165, 1.54) is 23.5 Å². The largest absolute Gasteiger partial charge is 0.481 e. The lowest BCUT2D eigenvalue weighted by Crippen LogP contribution is -2.52. The molecule has 1 saturated heterocycles. The molecule has 0 radical (unpaired) electrons. The number of nitrogens with one attached hydrogen (secondary N) is 2. The number of hydrogen-bond donors (Lipinski definition) is 5. The first kappa shape index (κ1) is 54.6. The normalized spacial score (nSPS) is 17.2. The molecule has 0 bridgehead atoms. The van der Waals surface area contributed by atoms with Gasteiger partial charge in [-0.3, -0.25) is 43.3 Å². The summed E-state index contributed by atoms with van der Waals surface area (Å²) in [4.78, 5) is 90.2. The van der Waals surface area contributed by atoms with Gasteiger partial charge in [0.15, 0.2) is 11.6 Å². The van der Waals surface area contributed by atoms with Crippen LogP contribution in [0, 0.1) is 16.2 Å². The molecule has 320 valence electrons. The van der Waals surface area contributed by atoms with Gasteiger partial charge in [-0.15, -0.1) is 23.5 Å². The fraction of sp³-hybridized carbons (Fsp3) is 0.821. The Balaban J connectivity index is 0. The molecular formula is C39H73N5O9S2. The maximum atomic E-state index is 12.5. The number of rotatable bonds is 12. The van der Waals surface area contributed by atoms with Crippen LogP contribution in [0.3, 0.4) is 0 Å². The number of carboxylic acids is 1. The van der Waals surface area contributed by atoms with E-state index < -0.39 is 50.7 Å². The maximum absolute atomic E-state index is 12.5. The summed E-state index contributed by atoms with van der Waals surface area (Å²) >= 11 is 2.73. The van der Waals surface area contributed by atoms with Crippen LogP contribution in [-0.4, -0.2) is 102 Å². The highest BCUT2D eigenvalue weighted by Gasteiger charge is 2.47. The molecule has 1 heterocycles. The lowest BCUT2D eigenvalue weighted by Gasteiger charge is -2.30. The predicted molar refractivity (Wildman–Crippen MR) is 222 cm³/mol. The number of thioether (sulfide) groups is 2. The summed E-state index contributed by atoms with van der Waals surface area (Å²) in [6.07, 6.45) is -0.149. The van der Waals surface area contributed by atoms with Crippen molar-refractivity contribution in [1.29, 1.82) is 0 Å². The third-order valence-electron chi connectivity index (χ3n) is 7.10. The summed E-state index contributed by atoms with van der Waals surface area (Å²) in [5.41, 5.74) is 11.7. The van der Waals surface area contributed by atoms with E-state index in [2.05, 4.69) is 10.8 Å². The van der Waals surface area contributed by atoms with Crippen molar-refractivity contribution in [3.63, 3.8) is 0 Å². The van der Waals surface area contributed by atoms with Gasteiger partial charge in [0.25, 0.3) is 0 Å². The maximum Gasteiger partial charge on any atom is 0.305 e. The number of likely N-dealkylation sites (tertiary alicyclic amines) is 1. The zero-order valence-corrected chi connectivity index (χ0v) is 38.4. The fourth-order valence-corrected chi connectivity index (χ4v) is 6.99. The van der Waals surface area contributed by atoms with E-state index in [4.69, 9.17) is 21.4 Å². The first-order chi connectivity index (χ1) is 24.3. The van der Waals surface area contributed by atoms with Crippen LogP contribution in [0.25, 0.3) is 0 Å². The molecule has 0 aliphatic carbocycles. The number of Topliss-reactive ketones (excluding diaryl/α,β-unsaturated/α-hetero) is 2. The molecule has 4 unspecified atom stereocenters. The van der Waals surface area contributed by atoms with E-state index >= 15 is 0 Å². The van der Waals surface area contributed by atoms with Crippen molar-refractivity contribution in [3.8, 4) is 0 Å². The van der Waals surface area contributed by atoms with E-state index in [9.17, 15) is 33.6 Å². The Morgan fingerprint density at radius 1 is 0.764 bits per heavy atom. The van der Waals surface area contributed by atoms with Gasteiger partial charge in [0.1, 0.15) is 12.1 Å². The standard InChI is InChI=1S/C15H28N2O4S.C15H26N2O3S.C9H19NO2/c1-14(2,3)12(20)9(8-16)17-13(21)10(7-11(18)19)22-15(4,5)6;1-14(2,3)12(19)9(8-16)17-11(18)7-10(13(17)20)21-15(4,5)6;1-8(2,3)7(11)10-12-9(4,5)6/h9-10H,7-8,16H2,1-6H3,(H,17,21)(H,18,19);9-10H,7-8,16H2,1-6H3;1-6H3,(H,10,11). The number of imide groups is 1. The van der Waals surface area contributed by atoms with Crippen LogP contribution in [0.4, 0.5) is 0 Å². The average Bonchev–Trinajstić information content (AvgIpc) is 3.22. The highest BCUT2D eigenvalue weighted by molar-refractivity contribution is 8.02.